The van der Waals surface area contributed by atoms with Crippen LogP contribution in [0.15, 0.2) is 71.6 Å². The number of aliphatic hydroxyl groups excluding tert-OH is 4. The molecule has 312 valence electrons. The van der Waals surface area contributed by atoms with Crippen molar-refractivity contribution < 1.29 is 58.7 Å². The molecule has 12 nitrogen and oxygen atoms in total. The average molecular weight is 777 g/mol. The van der Waals surface area contributed by atoms with Gasteiger partial charge in [0, 0.05) is 43.6 Å². The summed E-state index contributed by atoms with van der Waals surface area (Å²) in [6.45, 7) is 16.6. The van der Waals surface area contributed by atoms with Crippen LogP contribution in [0.25, 0.3) is 0 Å². The van der Waals surface area contributed by atoms with Crippen LogP contribution in [-0.2, 0) is 33.2 Å². The largest absolute Gasteiger partial charge is 0.490 e. The fourth-order valence-corrected chi connectivity index (χ4v) is 7.76. The molecule has 2 fully saturated rings. The third kappa shape index (κ3) is 12.4. The molecule has 3 heterocycles. The Labute approximate surface area is 328 Å². The third-order valence-corrected chi connectivity index (χ3v) is 11.4. The molecule has 0 aliphatic carbocycles. The van der Waals surface area contributed by atoms with Gasteiger partial charge in [-0.2, -0.15) is 0 Å². The molecule has 3 aliphatic heterocycles. The van der Waals surface area contributed by atoms with Crippen molar-refractivity contribution in [2.75, 3.05) is 14.2 Å². The number of carbonyl (C=O) groups excluding carboxylic acids is 1. The van der Waals surface area contributed by atoms with Crippen molar-refractivity contribution >= 4 is 5.97 Å². The smallest absolute Gasteiger partial charge is 0.373 e. The van der Waals surface area contributed by atoms with E-state index in [0.717, 1.165) is 5.57 Å². The zero-order chi connectivity index (χ0) is 41.2. The number of esters is 1. The van der Waals surface area contributed by atoms with Gasteiger partial charge in [0.15, 0.2) is 12.1 Å². The summed E-state index contributed by atoms with van der Waals surface area (Å²) in [5.74, 6) is -5.04. The number of methoxy groups -OCH3 is 2. The summed E-state index contributed by atoms with van der Waals surface area (Å²) in [5.41, 5.74) is 1.74. The minimum absolute atomic E-state index is 0.0349. The Hall–Kier alpha value is -2.65. The fourth-order valence-electron chi connectivity index (χ4n) is 7.76. The first-order valence-electron chi connectivity index (χ1n) is 19.6. The van der Waals surface area contributed by atoms with Crippen LogP contribution in [0.5, 0.6) is 0 Å². The molecule has 3 rings (SSSR count). The summed E-state index contributed by atoms with van der Waals surface area (Å²) in [6.07, 6.45) is 8.29. The zero-order valence-corrected chi connectivity index (χ0v) is 34.6. The highest BCUT2D eigenvalue weighted by Crippen LogP contribution is 2.42. The fraction of sp³-hybridized carbons (Fsp3) is 0.698. The molecule has 0 aromatic heterocycles. The van der Waals surface area contributed by atoms with Crippen molar-refractivity contribution in [3.8, 4) is 0 Å². The minimum Gasteiger partial charge on any atom is -0.490 e. The van der Waals surface area contributed by atoms with Crippen molar-refractivity contribution in [1.82, 2.24) is 0 Å². The van der Waals surface area contributed by atoms with E-state index in [-0.39, 0.29) is 36.4 Å². The second-order valence-electron chi connectivity index (χ2n) is 15.9. The predicted molar refractivity (Wildman–Crippen MR) is 209 cm³/mol. The lowest BCUT2D eigenvalue weighted by Crippen LogP contribution is -2.59. The van der Waals surface area contributed by atoms with E-state index in [1.54, 1.807) is 32.9 Å². The van der Waals surface area contributed by atoms with E-state index in [4.69, 9.17) is 28.4 Å². The molecule has 3 aliphatic rings. The Morgan fingerprint density at radius 2 is 1.73 bits per heavy atom. The molecule has 5 N–H and O–H groups in total. The lowest BCUT2D eigenvalue weighted by molar-refractivity contribution is -0.339. The van der Waals surface area contributed by atoms with Gasteiger partial charge in [-0.25, -0.2) is 4.79 Å². The molecule has 0 unspecified atom stereocenters. The van der Waals surface area contributed by atoms with Crippen molar-refractivity contribution in [3.63, 3.8) is 0 Å². The van der Waals surface area contributed by atoms with Gasteiger partial charge in [-0.1, -0.05) is 94.4 Å². The molecular weight excluding hydrogens is 708 g/mol. The van der Waals surface area contributed by atoms with Gasteiger partial charge < -0.3 is 54.0 Å². The highest BCUT2D eigenvalue weighted by molar-refractivity contribution is 5.87. The summed E-state index contributed by atoms with van der Waals surface area (Å²) >= 11 is 0. The van der Waals surface area contributed by atoms with Crippen LogP contribution in [0.1, 0.15) is 81.6 Å². The van der Waals surface area contributed by atoms with Gasteiger partial charge in [0.25, 0.3) is 0 Å². The number of cyclic esters (lactones) is 1. The van der Waals surface area contributed by atoms with Crippen molar-refractivity contribution in [3.05, 3.63) is 71.6 Å². The van der Waals surface area contributed by atoms with Crippen LogP contribution in [0.4, 0.5) is 0 Å². The molecule has 0 spiro atoms. The van der Waals surface area contributed by atoms with Gasteiger partial charge in [-0.15, -0.1) is 0 Å². The minimum atomic E-state index is -1.92. The molecule has 0 saturated carbocycles. The summed E-state index contributed by atoms with van der Waals surface area (Å²) in [5, 5.41) is 56.1. The molecule has 2 saturated heterocycles. The standard InChI is InChI=1S/C43H68O12/c1-12-13-14-17-33-28(6)36(53-37-22-32(44)40(47)31(9)52-37)23-43(49,55-33)30(8)39(46)29(7)41-34(50-10)18-15-16-24(2)19-26(4)38(45)27(5)20-25(3)21-35(51-11)42(48)54-41/h12-18,20-21,26-34,36-41,44-47,49H,19,22-23H2,1-11H3/b13-12-,17-14?,18-15-,24-16-,25-20-,35-21+/t26-,27-,28-,29-,30+,31-,32+,33+,34+,36-,37-,38+,39+,40+,41-,43+/m1/s1. The topological polar surface area (TPSA) is 174 Å². The van der Waals surface area contributed by atoms with E-state index in [0.29, 0.717) is 12.0 Å². The molecule has 16 atom stereocenters. The van der Waals surface area contributed by atoms with Gasteiger partial charge >= 0.3 is 5.97 Å². The van der Waals surface area contributed by atoms with E-state index >= 15 is 0 Å². The molecule has 12 heteroatoms. The summed E-state index contributed by atoms with van der Waals surface area (Å²) in [4.78, 5) is 13.8. The average Bonchev–Trinajstić information content (AvgIpc) is 3.13. The van der Waals surface area contributed by atoms with Crippen LogP contribution >= 0.6 is 0 Å². The van der Waals surface area contributed by atoms with Gasteiger partial charge in [-0.3, -0.25) is 0 Å². The molecule has 0 aromatic carbocycles. The third-order valence-electron chi connectivity index (χ3n) is 11.4. The van der Waals surface area contributed by atoms with Gasteiger partial charge in [-0.05, 0) is 46.1 Å². The number of hydrogen-bond acceptors (Lipinski definition) is 12. The number of allylic oxidation sites excluding steroid dienone is 8. The second-order valence-corrected chi connectivity index (χ2v) is 15.9. The monoisotopic (exact) mass is 776 g/mol. The molecule has 0 aromatic rings. The second kappa shape index (κ2) is 21.2. The lowest BCUT2D eigenvalue weighted by atomic mass is 9.77. The van der Waals surface area contributed by atoms with Crippen LogP contribution in [0, 0.1) is 29.6 Å². The van der Waals surface area contributed by atoms with Crippen LogP contribution in [-0.4, -0.2) is 113 Å². The number of aliphatic hydroxyl groups is 5. The molecule has 0 radical (unpaired) electrons. The number of hydrogen-bond donors (Lipinski definition) is 5. The maximum Gasteiger partial charge on any atom is 0.373 e. The number of ether oxygens (including phenoxy) is 6. The first-order chi connectivity index (χ1) is 25.9. The Kier molecular flexibility index (Phi) is 18.0. The van der Waals surface area contributed by atoms with Gasteiger partial charge in [0.2, 0.25) is 5.76 Å². The zero-order valence-electron chi connectivity index (χ0n) is 34.6. The van der Waals surface area contributed by atoms with Crippen LogP contribution < -0.4 is 0 Å². The van der Waals surface area contributed by atoms with Gasteiger partial charge in [0.05, 0.1) is 43.7 Å². The SMILES string of the molecule is C/C=C\C=C[C@@H]1O[C@](O)([C@@H](C)[C@@H](O)[C@@H](C)[C@H]2OC(=O)/C(OC)=C\C(C)=C/[C@@H](C)[C@@H](O)[C@H](C)C/C(C)=C\C=C/[C@@H]2OC)C[C@@H](O[C@@H]2C[C@H](O)[C@@H](O)[C@@H](C)O2)[C@@H]1C. The van der Waals surface area contributed by atoms with Crippen LogP contribution in [0.3, 0.4) is 0 Å². The maximum absolute atomic E-state index is 13.8. The van der Waals surface area contributed by atoms with E-state index in [2.05, 4.69) is 0 Å². The highest BCUT2D eigenvalue weighted by atomic mass is 16.7. The molecule has 55 heavy (non-hydrogen) atoms. The van der Waals surface area contributed by atoms with E-state index in [1.807, 2.05) is 84.1 Å². The number of carbonyl (C=O) groups is 1. The summed E-state index contributed by atoms with van der Waals surface area (Å²) in [6, 6.07) is 0. The normalized spacial score (nSPS) is 42.6. The van der Waals surface area contributed by atoms with Gasteiger partial charge in [0.1, 0.15) is 18.3 Å². The first kappa shape index (κ1) is 46.7. The quantitative estimate of drug-likeness (QED) is 0.148. The van der Waals surface area contributed by atoms with E-state index in [1.165, 1.54) is 14.2 Å². The summed E-state index contributed by atoms with van der Waals surface area (Å²) < 4.78 is 36.1. The lowest BCUT2D eigenvalue weighted by Gasteiger charge is -2.49. The Morgan fingerprint density at radius 1 is 1.04 bits per heavy atom. The molecular formula is C43H68O12. The van der Waals surface area contributed by atoms with Crippen molar-refractivity contribution in [1.29, 1.82) is 0 Å². The Balaban J connectivity index is 2.00. The number of rotatable bonds is 10. The van der Waals surface area contributed by atoms with E-state index in [9.17, 15) is 30.3 Å². The summed E-state index contributed by atoms with van der Waals surface area (Å²) in [7, 11) is 2.86. The Morgan fingerprint density at radius 3 is 2.35 bits per heavy atom. The van der Waals surface area contributed by atoms with Crippen molar-refractivity contribution in [2.24, 2.45) is 29.6 Å². The highest BCUT2D eigenvalue weighted by Gasteiger charge is 2.52. The van der Waals surface area contributed by atoms with Crippen LogP contribution in [0.2, 0.25) is 0 Å². The molecule has 0 bridgehead atoms. The molecule has 0 amide bonds. The van der Waals surface area contributed by atoms with E-state index < -0.39 is 84.8 Å². The maximum atomic E-state index is 13.8. The predicted octanol–water partition coefficient (Wildman–Crippen LogP) is 5.05. The van der Waals surface area contributed by atoms with Crippen molar-refractivity contribution in [2.45, 2.75) is 149 Å². The first-order valence-corrected chi connectivity index (χ1v) is 19.6. The Bertz CT molecular complexity index is 1410.